The van der Waals surface area contributed by atoms with E-state index in [1.807, 2.05) is 37.2 Å². The van der Waals surface area contributed by atoms with Gasteiger partial charge in [0.25, 0.3) is 0 Å². The van der Waals surface area contributed by atoms with E-state index in [9.17, 15) is 4.79 Å². The summed E-state index contributed by atoms with van der Waals surface area (Å²) < 4.78 is 0. The zero-order chi connectivity index (χ0) is 13.8. The Kier molecular flexibility index (Phi) is 4.66. The lowest BCUT2D eigenvalue weighted by molar-refractivity contribution is -0.120. The number of hydrogen-bond acceptors (Lipinski definition) is 3. The van der Waals surface area contributed by atoms with Crippen molar-refractivity contribution in [1.29, 1.82) is 0 Å². The number of anilines is 2. The van der Waals surface area contributed by atoms with Crippen molar-refractivity contribution in [2.24, 2.45) is 5.92 Å². The monoisotopic (exact) mass is 281 g/mol. The number of piperidine rings is 1. The highest BCUT2D eigenvalue weighted by Crippen LogP contribution is 2.32. The molecule has 1 heterocycles. The molecular formula is C14H20ClN3O. The number of para-hydroxylation sites is 1. The van der Waals surface area contributed by atoms with Gasteiger partial charge in [0.15, 0.2) is 0 Å². The van der Waals surface area contributed by atoms with E-state index in [2.05, 4.69) is 10.6 Å². The molecule has 1 aromatic carbocycles. The summed E-state index contributed by atoms with van der Waals surface area (Å²) >= 11 is 6.19. The number of carbonyl (C=O) groups is 1. The average molecular weight is 282 g/mol. The van der Waals surface area contributed by atoms with E-state index in [0.29, 0.717) is 5.02 Å². The molecule has 2 rings (SSSR count). The SMILES string of the molecule is CN(C)c1c(Cl)cccc1NC(=O)[C@@H]1CCCNC1. The number of carbonyl (C=O) groups excluding carboxylic acids is 1. The molecule has 0 aliphatic carbocycles. The highest BCUT2D eigenvalue weighted by Gasteiger charge is 2.22. The second kappa shape index (κ2) is 6.26. The highest BCUT2D eigenvalue weighted by atomic mass is 35.5. The number of halogens is 1. The summed E-state index contributed by atoms with van der Waals surface area (Å²) in [5.41, 5.74) is 1.62. The summed E-state index contributed by atoms with van der Waals surface area (Å²) in [7, 11) is 3.83. The third-order valence-corrected chi connectivity index (χ3v) is 3.66. The smallest absolute Gasteiger partial charge is 0.228 e. The molecule has 2 N–H and O–H groups in total. The second-order valence-corrected chi connectivity index (χ2v) is 5.47. The number of hydrogen-bond donors (Lipinski definition) is 2. The number of rotatable bonds is 3. The topological polar surface area (TPSA) is 44.4 Å². The minimum Gasteiger partial charge on any atom is -0.375 e. The highest BCUT2D eigenvalue weighted by molar-refractivity contribution is 6.34. The van der Waals surface area contributed by atoms with Crippen LogP contribution < -0.4 is 15.5 Å². The Balaban J connectivity index is 2.14. The quantitative estimate of drug-likeness (QED) is 0.894. The predicted octanol–water partition coefficient (Wildman–Crippen LogP) is 2.34. The molecule has 1 atom stereocenters. The van der Waals surface area contributed by atoms with Crippen LogP contribution in [-0.4, -0.2) is 33.1 Å². The van der Waals surface area contributed by atoms with Crippen LogP contribution >= 0.6 is 11.6 Å². The summed E-state index contributed by atoms with van der Waals surface area (Å²) in [6.45, 7) is 1.76. The van der Waals surface area contributed by atoms with Gasteiger partial charge in [0, 0.05) is 20.6 Å². The first-order valence-corrected chi connectivity index (χ1v) is 6.95. The molecule has 104 valence electrons. The van der Waals surface area contributed by atoms with Crippen LogP contribution in [0.15, 0.2) is 18.2 Å². The molecule has 0 radical (unpaired) electrons. The lowest BCUT2D eigenvalue weighted by atomic mass is 9.98. The van der Waals surface area contributed by atoms with Gasteiger partial charge in [0.2, 0.25) is 5.91 Å². The van der Waals surface area contributed by atoms with Crippen LogP contribution in [0.2, 0.25) is 5.02 Å². The molecule has 4 nitrogen and oxygen atoms in total. The summed E-state index contributed by atoms with van der Waals surface area (Å²) in [5.74, 6) is 0.111. The van der Waals surface area contributed by atoms with Crippen LogP contribution in [-0.2, 0) is 4.79 Å². The van der Waals surface area contributed by atoms with Crippen LogP contribution in [0.4, 0.5) is 11.4 Å². The molecule has 0 saturated carbocycles. The van der Waals surface area contributed by atoms with Gasteiger partial charge in [-0.15, -0.1) is 0 Å². The van der Waals surface area contributed by atoms with Gasteiger partial charge in [-0.25, -0.2) is 0 Å². The van der Waals surface area contributed by atoms with E-state index in [-0.39, 0.29) is 11.8 Å². The second-order valence-electron chi connectivity index (χ2n) is 5.06. The standard InChI is InChI=1S/C14H20ClN3O/c1-18(2)13-11(15)6-3-7-12(13)17-14(19)10-5-4-8-16-9-10/h3,6-7,10,16H,4-5,8-9H2,1-2H3,(H,17,19)/t10-/m1/s1. The fourth-order valence-electron chi connectivity index (χ4n) is 2.38. The number of nitrogens with zero attached hydrogens (tertiary/aromatic N) is 1. The number of benzene rings is 1. The normalized spacial score (nSPS) is 19.0. The fraction of sp³-hybridized carbons (Fsp3) is 0.500. The van der Waals surface area contributed by atoms with Crippen LogP contribution in [0.5, 0.6) is 0 Å². The Bertz CT molecular complexity index is 456. The van der Waals surface area contributed by atoms with Crippen LogP contribution in [0.25, 0.3) is 0 Å². The van der Waals surface area contributed by atoms with Crippen LogP contribution in [0.1, 0.15) is 12.8 Å². The molecule has 0 aromatic heterocycles. The van der Waals surface area contributed by atoms with E-state index in [4.69, 9.17) is 11.6 Å². The van der Waals surface area contributed by atoms with Crippen LogP contribution in [0, 0.1) is 5.92 Å². The van der Waals surface area contributed by atoms with E-state index in [0.717, 1.165) is 37.3 Å². The number of nitrogens with one attached hydrogen (secondary N) is 2. The molecule has 1 aliphatic heterocycles. The molecule has 0 unspecified atom stereocenters. The van der Waals surface area contributed by atoms with Crippen molar-refractivity contribution < 1.29 is 4.79 Å². The molecular weight excluding hydrogens is 262 g/mol. The molecule has 19 heavy (non-hydrogen) atoms. The summed E-state index contributed by atoms with van der Waals surface area (Å²) in [6, 6.07) is 5.56. The van der Waals surface area contributed by atoms with Gasteiger partial charge < -0.3 is 15.5 Å². The zero-order valence-electron chi connectivity index (χ0n) is 11.4. The van der Waals surface area contributed by atoms with E-state index in [1.165, 1.54) is 0 Å². The van der Waals surface area contributed by atoms with Gasteiger partial charge in [0.05, 0.1) is 22.3 Å². The molecule has 1 saturated heterocycles. The maximum absolute atomic E-state index is 12.2. The molecule has 5 heteroatoms. The van der Waals surface area contributed by atoms with Gasteiger partial charge in [-0.1, -0.05) is 17.7 Å². The Labute approximate surface area is 119 Å². The maximum Gasteiger partial charge on any atom is 0.228 e. The van der Waals surface area contributed by atoms with Gasteiger partial charge >= 0.3 is 0 Å². The fourth-order valence-corrected chi connectivity index (χ4v) is 2.72. The average Bonchev–Trinajstić information content (AvgIpc) is 2.39. The number of amides is 1. The van der Waals surface area contributed by atoms with Gasteiger partial charge in [-0.05, 0) is 31.5 Å². The van der Waals surface area contributed by atoms with Crippen molar-refractivity contribution in [3.63, 3.8) is 0 Å². The first kappa shape index (κ1) is 14.2. The predicted molar refractivity (Wildman–Crippen MR) is 80.0 cm³/mol. The van der Waals surface area contributed by atoms with Crippen molar-refractivity contribution in [2.75, 3.05) is 37.4 Å². The first-order valence-electron chi connectivity index (χ1n) is 6.57. The summed E-state index contributed by atoms with van der Waals surface area (Å²) in [5, 5.41) is 6.89. The largest absolute Gasteiger partial charge is 0.375 e. The Hall–Kier alpha value is -1.26. The zero-order valence-corrected chi connectivity index (χ0v) is 12.1. The molecule has 1 aromatic rings. The minimum absolute atomic E-state index is 0.0442. The third kappa shape index (κ3) is 3.39. The lowest BCUT2D eigenvalue weighted by Crippen LogP contribution is -2.37. The molecule has 1 aliphatic rings. The summed E-state index contributed by atoms with van der Waals surface area (Å²) in [6.07, 6.45) is 1.99. The van der Waals surface area contributed by atoms with E-state index in [1.54, 1.807) is 0 Å². The van der Waals surface area contributed by atoms with Crippen molar-refractivity contribution in [1.82, 2.24) is 5.32 Å². The van der Waals surface area contributed by atoms with Gasteiger partial charge in [-0.2, -0.15) is 0 Å². The van der Waals surface area contributed by atoms with E-state index >= 15 is 0 Å². The first-order chi connectivity index (χ1) is 9.09. The molecule has 1 fully saturated rings. The van der Waals surface area contributed by atoms with Crippen molar-refractivity contribution in [2.45, 2.75) is 12.8 Å². The van der Waals surface area contributed by atoms with Crippen LogP contribution in [0.3, 0.4) is 0 Å². The van der Waals surface area contributed by atoms with Crippen molar-refractivity contribution in [3.8, 4) is 0 Å². The van der Waals surface area contributed by atoms with Gasteiger partial charge in [-0.3, -0.25) is 4.79 Å². The minimum atomic E-state index is 0.0442. The molecule has 0 spiro atoms. The Morgan fingerprint density at radius 3 is 2.89 bits per heavy atom. The maximum atomic E-state index is 12.2. The third-order valence-electron chi connectivity index (χ3n) is 3.36. The van der Waals surface area contributed by atoms with Crippen molar-refractivity contribution in [3.05, 3.63) is 23.2 Å². The molecule has 0 bridgehead atoms. The van der Waals surface area contributed by atoms with E-state index < -0.39 is 0 Å². The van der Waals surface area contributed by atoms with Gasteiger partial charge in [0.1, 0.15) is 0 Å². The lowest BCUT2D eigenvalue weighted by Gasteiger charge is -2.24. The van der Waals surface area contributed by atoms with Crippen molar-refractivity contribution >= 4 is 28.9 Å². The Morgan fingerprint density at radius 1 is 1.47 bits per heavy atom. The summed E-state index contributed by atoms with van der Waals surface area (Å²) in [4.78, 5) is 14.2. The molecule has 1 amide bonds. The Morgan fingerprint density at radius 2 is 2.26 bits per heavy atom.